The highest BCUT2D eigenvalue weighted by Gasteiger charge is 2.19. The van der Waals surface area contributed by atoms with E-state index in [0.717, 1.165) is 9.40 Å². The van der Waals surface area contributed by atoms with Crippen LogP contribution in [0.3, 0.4) is 0 Å². The molecule has 96 valence electrons. The molecule has 0 aliphatic rings. The highest BCUT2D eigenvalue weighted by atomic mass is 32.1. The van der Waals surface area contributed by atoms with Crippen LogP contribution < -0.4 is 0 Å². The quantitative estimate of drug-likeness (QED) is 0.499. The predicted octanol–water partition coefficient (Wildman–Crippen LogP) is 4.61. The summed E-state index contributed by atoms with van der Waals surface area (Å²) in [5.41, 5.74) is -0.451. The van der Waals surface area contributed by atoms with Crippen molar-refractivity contribution in [2.75, 3.05) is 0 Å². The molecule has 0 saturated heterocycles. The van der Waals surface area contributed by atoms with E-state index in [9.17, 15) is 18.0 Å². The Morgan fingerprint density at radius 3 is 2.42 bits per heavy atom. The fourth-order valence-corrected chi connectivity index (χ4v) is 3.77. The van der Waals surface area contributed by atoms with E-state index >= 15 is 0 Å². The highest BCUT2D eigenvalue weighted by molar-refractivity contribution is 7.28. The van der Waals surface area contributed by atoms with Crippen molar-refractivity contribution >= 4 is 37.9 Å². The van der Waals surface area contributed by atoms with Crippen molar-refractivity contribution < 1.29 is 18.0 Å². The van der Waals surface area contributed by atoms with Gasteiger partial charge in [0.25, 0.3) is 0 Å². The van der Waals surface area contributed by atoms with E-state index in [-0.39, 0.29) is 0 Å². The van der Waals surface area contributed by atoms with Crippen LogP contribution in [0.5, 0.6) is 0 Å². The molecule has 0 bridgehead atoms. The molecule has 6 heteroatoms. The molecular weight excluding hydrogens is 293 g/mol. The predicted molar refractivity (Wildman–Crippen MR) is 69.5 cm³/mol. The minimum Gasteiger partial charge on any atom is -0.288 e. The molecule has 0 aliphatic carbocycles. The summed E-state index contributed by atoms with van der Waals surface area (Å²) < 4.78 is 41.3. The smallest absolute Gasteiger partial charge is 0.206 e. The maximum Gasteiger partial charge on any atom is 0.206 e. The minimum atomic E-state index is -1.30. The normalized spacial score (nSPS) is 11.1. The molecule has 1 aromatic carbocycles. The van der Waals surface area contributed by atoms with Crippen LogP contribution in [0.15, 0.2) is 29.6 Å². The molecule has 0 fully saturated rings. The van der Waals surface area contributed by atoms with Crippen molar-refractivity contribution in [3.8, 4) is 0 Å². The lowest BCUT2D eigenvalue weighted by molar-refractivity contribution is 0.103. The fourth-order valence-electron chi connectivity index (χ4n) is 1.71. The van der Waals surface area contributed by atoms with E-state index in [1.807, 2.05) is 11.4 Å². The van der Waals surface area contributed by atoms with Gasteiger partial charge in [-0.3, -0.25) is 4.79 Å². The summed E-state index contributed by atoms with van der Waals surface area (Å²) in [5, 5.41) is 1.88. The van der Waals surface area contributed by atoms with Gasteiger partial charge >= 0.3 is 0 Å². The highest BCUT2D eigenvalue weighted by Crippen LogP contribution is 2.31. The molecule has 1 nitrogen and oxygen atoms in total. The van der Waals surface area contributed by atoms with E-state index in [1.165, 1.54) is 22.7 Å². The number of carbonyl (C=O) groups is 1. The van der Waals surface area contributed by atoms with Crippen molar-refractivity contribution in [1.82, 2.24) is 0 Å². The Hall–Kier alpha value is -1.66. The van der Waals surface area contributed by atoms with E-state index in [0.29, 0.717) is 17.0 Å². The number of halogens is 3. The number of carbonyl (C=O) groups excluding carboxylic acids is 1. The van der Waals surface area contributed by atoms with E-state index in [4.69, 9.17) is 0 Å². The number of fused-ring (bicyclic) bond motifs is 1. The first-order valence-corrected chi connectivity index (χ1v) is 6.92. The van der Waals surface area contributed by atoms with Gasteiger partial charge in [-0.25, -0.2) is 13.2 Å². The van der Waals surface area contributed by atoms with Crippen LogP contribution >= 0.6 is 22.7 Å². The molecule has 3 rings (SSSR count). The lowest BCUT2D eigenvalue weighted by Gasteiger charge is -2.01. The first-order valence-electron chi connectivity index (χ1n) is 5.22. The monoisotopic (exact) mass is 298 g/mol. The van der Waals surface area contributed by atoms with Crippen molar-refractivity contribution in [1.29, 1.82) is 0 Å². The SMILES string of the molecule is O=C(c1cc2sccc2s1)c1cc(F)c(F)cc1F. The molecule has 2 aromatic heterocycles. The number of benzene rings is 1. The van der Waals surface area contributed by atoms with Crippen molar-refractivity contribution in [3.05, 3.63) is 57.5 Å². The Bertz CT molecular complexity index is 760. The Morgan fingerprint density at radius 1 is 0.947 bits per heavy atom. The zero-order chi connectivity index (χ0) is 13.6. The van der Waals surface area contributed by atoms with Crippen molar-refractivity contribution in [2.24, 2.45) is 0 Å². The van der Waals surface area contributed by atoms with Crippen LogP contribution in [0, 0.1) is 17.5 Å². The molecule has 0 amide bonds. The molecule has 0 saturated carbocycles. The lowest BCUT2D eigenvalue weighted by Crippen LogP contribution is -2.04. The van der Waals surface area contributed by atoms with Crippen LogP contribution in [0.1, 0.15) is 15.2 Å². The molecule has 0 radical (unpaired) electrons. The summed E-state index contributed by atoms with van der Waals surface area (Å²) in [5.74, 6) is -4.23. The molecule has 0 aliphatic heterocycles. The standard InChI is InChI=1S/C13H5F3OS2/c14-7-4-9(16)8(15)3-6(7)13(17)12-5-11-10(19-12)1-2-18-11/h1-5H. The van der Waals surface area contributed by atoms with Gasteiger partial charge in [0.05, 0.1) is 10.4 Å². The van der Waals surface area contributed by atoms with Crippen LogP contribution in [-0.4, -0.2) is 5.78 Å². The summed E-state index contributed by atoms with van der Waals surface area (Å²) in [4.78, 5) is 12.4. The van der Waals surface area contributed by atoms with Crippen LogP contribution in [0.2, 0.25) is 0 Å². The lowest BCUT2D eigenvalue weighted by atomic mass is 10.1. The third-order valence-corrected chi connectivity index (χ3v) is 4.71. The molecule has 0 atom stereocenters. The van der Waals surface area contributed by atoms with Gasteiger partial charge in [0.1, 0.15) is 5.82 Å². The third kappa shape index (κ3) is 2.06. The van der Waals surface area contributed by atoms with E-state index in [2.05, 4.69) is 0 Å². The summed E-state index contributed by atoms with van der Waals surface area (Å²) >= 11 is 2.66. The first kappa shape index (κ1) is 12.4. The number of thiophene rings is 2. The fraction of sp³-hybridized carbons (Fsp3) is 0. The van der Waals surface area contributed by atoms with Gasteiger partial charge in [-0.1, -0.05) is 0 Å². The Balaban J connectivity index is 2.09. The second kappa shape index (κ2) is 4.47. The second-order valence-electron chi connectivity index (χ2n) is 3.84. The topological polar surface area (TPSA) is 17.1 Å². The van der Waals surface area contributed by atoms with Gasteiger partial charge in [-0.05, 0) is 23.6 Å². The number of rotatable bonds is 2. The van der Waals surface area contributed by atoms with Crippen LogP contribution in [0.4, 0.5) is 13.2 Å². The van der Waals surface area contributed by atoms with E-state index < -0.39 is 28.8 Å². The number of hydrogen-bond acceptors (Lipinski definition) is 3. The van der Waals surface area contributed by atoms with Gasteiger partial charge in [-0.15, -0.1) is 22.7 Å². The molecule has 3 aromatic rings. The van der Waals surface area contributed by atoms with Gasteiger partial charge < -0.3 is 0 Å². The average molecular weight is 298 g/mol. The summed E-state index contributed by atoms with van der Waals surface area (Å²) in [6, 6.07) is 4.47. The second-order valence-corrected chi connectivity index (χ2v) is 5.87. The van der Waals surface area contributed by atoms with Crippen molar-refractivity contribution in [2.45, 2.75) is 0 Å². The summed E-state index contributed by atoms with van der Waals surface area (Å²) in [6.07, 6.45) is 0. The Kier molecular flexibility index (Phi) is 2.91. The molecule has 0 N–H and O–H groups in total. The minimum absolute atomic E-state index is 0.312. The summed E-state index contributed by atoms with van der Waals surface area (Å²) in [6.45, 7) is 0. The third-order valence-electron chi connectivity index (χ3n) is 2.62. The van der Waals surface area contributed by atoms with Gasteiger partial charge in [0.2, 0.25) is 5.78 Å². The molecule has 19 heavy (non-hydrogen) atoms. The number of hydrogen-bond donors (Lipinski definition) is 0. The maximum atomic E-state index is 13.5. The van der Waals surface area contributed by atoms with Gasteiger partial charge in [0.15, 0.2) is 11.6 Å². The van der Waals surface area contributed by atoms with Gasteiger partial charge in [0, 0.05) is 15.5 Å². The Morgan fingerprint density at radius 2 is 1.68 bits per heavy atom. The molecular formula is C13H5F3OS2. The first-order chi connectivity index (χ1) is 9.06. The van der Waals surface area contributed by atoms with Crippen LogP contribution in [-0.2, 0) is 0 Å². The van der Waals surface area contributed by atoms with Crippen molar-refractivity contribution in [3.63, 3.8) is 0 Å². The zero-order valence-corrected chi connectivity index (χ0v) is 10.9. The van der Waals surface area contributed by atoms with Crippen LogP contribution in [0.25, 0.3) is 9.40 Å². The summed E-state index contributed by atoms with van der Waals surface area (Å²) in [7, 11) is 0. The molecule has 2 heterocycles. The molecule has 0 spiro atoms. The Labute approximate surface area is 113 Å². The zero-order valence-electron chi connectivity index (χ0n) is 9.25. The van der Waals surface area contributed by atoms with E-state index in [1.54, 1.807) is 6.07 Å². The maximum absolute atomic E-state index is 13.5. The average Bonchev–Trinajstić information content (AvgIpc) is 2.93. The largest absolute Gasteiger partial charge is 0.288 e. The number of ketones is 1. The molecule has 0 unspecified atom stereocenters. The van der Waals surface area contributed by atoms with Gasteiger partial charge in [-0.2, -0.15) is 0 Å².